The first-order valence-corrected chi connectivity index (χ1v) is 5.16. The number of aryl methyl sites for hydroxylation is 1. The highest BCUT2D eigenvalue weighted by Crippen LogP contribution is 2.17. The van der Waals surface area contributed by atoms with Crippen molar-refractivity contribution < 1.29 is 4.39 Å². The Balaban J connectivity index is 2.56. The predicted octanol–water partition coefficient (Wildman–Crippen LogP) is 1.34. The van der Waals surface area contributed by atoms with Crippen LogP contribution in [0.5, 0.6) is 0 Å². The average molecular weight is 233 g/mol. The Bertz CT molecular complexity index is 590. The van der Waals surface area contributed by atoms with Gasteiger partial charge in [0, 0.05) is 12.1 Å². The molecule has 0 aromatic carbocycles. The quantitative estimate of drug-likeness (QED) is 0.822. The van der Waals surface area contributed by atoms with Crippen LogP contribution in [0.25, 0.3) is 11.4 Å². The second-order valence-electron chi connectivity index (χ2n) is 3.75. The molecular formula is C12H12FN3O. The lowest BCUT2D eigenvalue weighted by Crippen LogP contribution is -2.17. The number of pyridine rings is 2. The fourth-order valence-electron chi connectivity index (χ4n) is 1.63. The van der Waals surface area contributed by atoms with Crippen LogP contribution in [0.1, 0.15) is 11.1 Å². The maximum Gasteiger partial charge on any atom is 0.252 e. The topological polar surface area (TPSA) is 71.8 Å². The third kappa shape index (κ3) is 2.24. The Morgan fingerprint density at radius 3 is 2.82 bits per heavy atom. The molecule has 0 atom stereocenters. The number of aromatic nitrogens is 2. The van der Waals surface area contributed by atoms with E-state index in [2.05, 4.69) is 9.97 Å². The molecule has 2 rings (SSSR count). The molecule has 0 saturated heterocycles. The van der Waals surface area contributed by atoms with E-state index in [1.165, 1.54) is 12.1 Å². The summed E-state index contributed by atoms with van der Waals surface area (Å²) in [4.78, 5) is 18.3. The van der Waals surface area contributed by atoms with Crippen LogP contribution in [-0.4, -0.2) is 9.97 Å². The van der Waals surface area contributed by atoms with Crippen molar-refractivity contribution in [1.82, 2.24) is 9.97 Å². The highest BCUT2D eigenvalue weighted by atomic mass is 19.1. The highest BCUT2D eigenvalue weighted by Gasteiger charge is 2.07. The first-order chi connectivity index (χ1) is 8.11. The molecular weight excluding hydrogens is 221 g/mol. The fraction of sp³-hybridized carbons (Fsp3) is 0.167. The van der Waals surface area contributed by atoms with Crippen molar-refractivity contribution >= 4 is 0 Å². The largest absolute Gasteiger partial charge is 0.326 e. The van der Waals surface area contributed by atoms with Gasteiger partial charge in [0.15, 0.2) is 0 Å². The van der Waals surface area contributed by atoms with Gasteiger partial charge in [-0.1, -0.05) is 0 Å². The van der Waals surface area contributed by atoms with E-state index in [0.717, 1.165) is 11.8 Å². The molecule has 0 saturated carbocycles. The first-order valence-electron chi connectivity index (χ1n) is 5.16. The molecule has 0 radical (unpaired) electrons. The third-order valence-electron chi connectivity index (χ3n) is 2.52. The molecule has 0 amide bonds. The molecule has 5 heteroatoms. The van der Waals surface area contributed by atoms with Crippen molar-refractivity contribution in [3.8, 4) is 11.4 Å². The van der Waals surface area contributed by atoms with Crippen LogP contribution >= 0.6 is 0 Å². The molecule has 0 bridgehead atoms. The Kier molecular flexibility index (Phi) is 3.01. The molecule has 2 heterocycles. The predicted molar refractivity (Wildman–Crippen MR) is 62.9 cm³/mol. The van der Waals surface area contributed by atoms with Crippen LogP contribution in [0.15, 0.2) is 29.2 Å². The maximum absolute atomic E-state index is 12.7. The number of nitrogens with one attached hydrogen (secondary N) is 1. The number of halogens is 1. The minimum atomic E-state index is -0.410. The number of nitrogens with two attached hydrogens (primary N) is 1. The van der Waals surface area contributed by atoms with Crippen LogP contribution in [0, 0.1) is 12.7 Å². The van der Waals surface area contributed by atoms with Crippen molar-refractivity contribution in [3.05, 3.63) is 51.7 Å². The molecule has 88 valence electrons. The van der Waals surface area contributed by atoms with Gasteiger partial charge in [-0.05, 0) is 30.7 Å². The number of hydrogen-bond donors (Lipinski definition) is 2. The van der Waals surface area contributed by atoms with Crippen molar-refractivity contribution in [2.75, 3.05) is 0 Å². The molecule has 17 heavy (non-hydrogen) atoms. The van der Waals surface area contributed by atoms with Gasteiger partial charge in [-0.25, -0.2) is 4.39 Å². The van der Waals surface area contributed by atoms with E-state index in [0.29, 0.717) is 17.0 Å². The molecule has 4 nitrogen and oxygen atoms in total. The van der Waals surface area contributed by atoms with Crippen molar-refractivity contribution in [2.45, 2.75) is 13.5 Å². The highest BCUT2D eigenvalue weighted by molar-refractivity contribution is 5.58. The van der Waals surface area contributed by atoms with E-state index in [1.54, 1.807) is 6.07 Å². The van der Waals surface area contributed by atoms with E-state index >= 15 is 0 Å². The Hall–Kier alpha value is -2.01. The van der Waals surface area contributed by atoms with Crippen molar-refractivity contribution in [2.24, 2.45) is 5.73 Å². The summed E-state index contributed by atoms with van der Waals surface area (Å²) in [7, 11) is 0. The normalized spacial score (nSPS) is 10.5. The zero-order valence-electron chi connectivity index (χ0n) is 9.33. The third-order valence-corrected chi connectivity index (χ3v) is 2.52. The minimum Gasteiger partial charge on any atom is -0.326 e. The lowest BCUT2D eigenvalue weighted by atomic mass is 10.1. The first kappa shape index (κ1) is 11.5. The van der Waals surface area contributed by atoms with Crippen LogP contribution < -0.4 is 11.3 Å². The van der Waals surface area contributed by atoms with Gasteiger partial charge in [0.05, 0.1) is 17.6 Å². The second-order valence-corrected chi connectivity index (χ2v) is 3.75. The molecule has 0 spiro atoms. The van der Waals surface area contributed by atoms with Gasteiger partial charge < -0.3 is 10.7 Å². The minimum absolute atomic E-state index is 0.188. The van der Waals surface area contributed by atoms with E-state index in [1.807, 2.05) is 6.92 Å². The number of rotatable bonds is 2. The lowest BCUT2D eigenvalue weighted by molar-refractivity contribution is 0.621. The molecule has 2 aromatic heterocycles. The number of hydrogen-bond acceptors (Lipinski definition) is 3. The Labute approximate surface area is 97.3 Å². The maximum atomic E-state index is 12.7. The summed E-state index contributed by atoms with van der Waals surface area (Å²) in [5, 5.41) is 0. The zero-order chi connectivity index (χ0) is 12.4. The fourth-order valence-corrected chi connectivity index (χ4v) is 1.63. The van der Waals surface area contributed by atoms with Gasteiger partial charge in [-0.2, -0.15) is 0 Å². The summed E-state index contributed by atoms with van der Waals surface area (Å²) in [6, 6.07) is 4.55. The molecule has 0 aliphatic carbocycles. The van der Waals surface area contributed by atoms with Gasteiger partial charge in [0.25, 0.3) is 5.56 Å². The molecule has 3 N–H and O–H groups in total. The van der Waals surface area contributed by atoms with Crippen molar-refractivity contribution in [1.29, 1.82) is 0 Å². The van der Waals surface area contributed by atoms with E-state index in [9.17, 15) is 9.18 Å². The second kappa shape index (κ2) is 4.47. The van der Waals surface area contributed by atoms with Crippen LogP contribution in [0.2, 0.25) is 0 Å². The number of H-pyrrole nitrogens is 1. The van der Waals surface area contributed by atoms with Gasteiger partial charge in [-0.15, -0.1) is 0 Å². The molecule has 0 fully saturated rings. The summed E-state index contributed by atoms with van der Waals surface area (Å²) in [6.07, 6.45) is 1.12. The van der Waals surface area contributed by atoms with E-state index in [-0.39, 0.29) is 12.1 Å². The van der Waals surface area contributed by atoms with Gasteiger partial charge in [-0.3, -0.25) is 9.78 Å². The van der Waals surface area contributed by atoms with Crippen molar-refractivity contribution in [3.63, 3.8) is 0 Å². The summed E-state index contributed by atoms with van der Waals surface area (Å²) in [6.45, 7) is 2.03. The Morgan fingerprint density at radius 1 is 1.47 bits per heavy atom. The smallest absolute Gasteiger partial charge is 0.252 e. The number of aromatic amines is 1. The van der Waals surface area contributed by atoms with Gasteiger partial charge in [0.1, 0.15) is 5.82 Å². The summed E-state index contributed by atoms with van der Waals surface area (Å²) < 4.78 is 12.7. The lowest BCUT2D eigenvalue weighted by Gasteiger charge is -2.06. The van der Waals surface area contributed by atoms with Crippen LogP contribution in [0.4, 0.5) is 4.39 Å². The van der Waals surface area contributed by atoms with Gasteiger partial charge >= 0.3 is 0 Å². The summed E-state index contributed by atoms with van der Waals surface area (Å²) in [5.41, 5.74) is 7.70. The van der Waals surface area contributed by atoms with E-state index in [4.69, 9.17) is 5.73 Å². The molecule has 0 aliphatic rings. The number of nitrogens with zero attached hydrogens (tertiary/aromatic N) is 1. The SMILES string of the molecule is Cc1cc(CN)c(=O)[nH]c1-c1ccc(F)cn1. The van der Waals surface area contributed by atoms with Crippen LogP contribution in [0.3, 0.4) is 0 Å². The van der Waals surface area contributed by atoms with Crippen LogP contribution in [-0.2, 0) is 6.54 Å². The standard InChI is InChI=1S/C12H12FN3O/c1-7-4-8(5-14)12(17)16-11(7)10-3-2-9(13)6-15-10/h2-4,6H,5,14H2,1H3,(H,16,17). The average Bonchev–Trinajstić information content (AvgIpc) is 2.33. The molecule has 2 aromatic rings. The summed E-state index contributed by atoms with van der Waals surface area (Å²) in [5.74, 6) is -0.410. The van der Waals surface area contributed by atoms with Gasteiger partial charge in [0.2, 0.25) is 0 Å². The Morgan fingerprint density at radius 2 is 2.24 bits per heavy atom. The molecule has 0 aliphatic heterocycles. The monoisotopic (exact) mass is 233 g/mol. The summed E-state index contributed by atoms with van der Waals surface area (Å²) >= 11 is 0. The molecule has 0 unspecified atom stereocenters. The zero-order valence-corrected chi connectivity index (χ0v) is 9.33. The van der Waals surface area contributed by atoms with E-state index < -0.39 is 5.82 Å².